The lowest BCUT2D eigenvalue weighted by atomic mass is 9.89. The predicted molar refractivity (Wildman–Crippen MR) is 61.1 cm³/mol. The molecule has 1 aromatic carbocycles. The fourth-order valence-corrected chi connectivity index (χ4v) is 1.89. The van der Waals surface area contributed by atoms with Crippen molar-refractivity contribution < 1.29 is 14.6 Å². The number of hydrogen-bond acceptors (Lipinski definition) is 4. The van der Waals surface area contributed by atoms with E-state index < -0.39 is 5.60 Å². The molecule has 2 N–H and O–H groups in total. The van der Waals surface area contributed by atoms with Gasteiger partial charge in [0.1, 0.15) is 11.5 Å². The Morgan fingerprint density at radius 2 is 1.75 bits per heavy atom. The molecule has 0 amide bonds. The predicted octanol–water partition coefficient (Wildman–Crippen LogP) is 0.581. The molecule has 0 aliphatic carbocycles. The van der Waals surface area contributed by atoms with Crippen LogP contribution in [0.2, 0.25) is 0 Å². The van der Waals surface area contributed by atoms with E-state index in [0.29, 0.717) is 19.5 Å². The standard InChI is InChI=1S/C12H17NO3/c1-15-10-3-9(4-11(5-10)16-2)6-12(14)7-13-8-12/h3-5,13-14H,6-8H2,1-2H3. The monoisotopic (exact) mass is 223 g/mol. The summed E-state index contributed by atoms with van der Waals surface area (Å²) in [5.41, 5.74) is 0.414. The first-order valence-corrected chi connectivity index (χ1v) is 5.30. The molecule has 1 heterocycles. The molecule has 0 saturated carbocycles. The number of hydrogen-bond donors (Lipinski definition) is 2. The Balaban J connectivity index is 2.18. The summed E-state index contributed by atoms with van der Waals surface area (Å²) >= 11 is 0. The first kappa shape index (κ1) is 11.2. The maximum atomic E-state index is 10.0. The molecule has 88 valence electrons. The van der Waals surface area contributed by atoms with E-state index in [9.17, 15) is 5.11 Å². The van der Waals surface area contributed by atoms with E-state index in [4.69, 9.17) is 9.47 Å². The third kappa shape index (κ3) is 2.28. The van der Waals surface area contributed by atoms with Crippen molar-refractivity contribution in [2.24, 2.45) is 0 Å². The highest BCUT2D eigenvalue weighted by molar-refractivity contribution is 5.39. The molecule has 2 rings (SSSR count). The second kappa shape index (κ2) is 4.31. The van der Waals surface area contributed by atoms with Crippen LogP contribution in [0.4, 0.5) is 0 Å². The highest BCUT2D eigenvalue weighted by Gasteiger charge is 2.34. The minimum Gasteiger partial charge on any atom is -0.497 e. The molecule has 1 aromatic rings. The normalized spacial score (nSPS) is 17.7. The average Bonchev–Trinajstić information content (AvgIpc) is 2.26. The van der Waals surface area contributed by atoms with Gasteiger partial charge in [-0.15, -0.1) is 0 Å². The Hall–Kier alpha value is -1.26. The van der Waals surface area contributed by atoms with Crippen molar-refractivity contribution in [3.05, 3.63) is 23.8 Å². The van der Waals surface area contributed by atoms with Crippen LogP contribution in [0.1, 0.15) is 5.56 Å². The number of methoxy groups -OCH3 is 2. The van der Waals surface area contributed by atoms with Gasteiger partial charge in [0.15, 0.2) is 0 Å². The Morgan fingerprint density at radius 1 is 1.19 bits per heavy atom. The Bertz CT molecular complexity index is 352. The van der Waals surface area contributed by atoms with Crippen molar-refractivity contribution in [2.45, 2.75) is 12.0 Å². The van der Waals surface area contributed by atoms with Crippen molar-refractivity contribution in [2.75, 3.05) is 27.3 Å². The number of aliphatic hydroxyl groups is 1. The van der Waals surface area contributed by atoms with Gasteiger partial charge in [0.25, 0.3) is 0 Å². The molecule has 4 nitrogen and oxygen atoms in total. The van der Waals surface area contributed by atoms with E-state index in [-0.39, 0.29) is 0 Å². The zero-order valence-electron chi connectivity index (χ0n) is 9.62. The Morgan fingerprint density at radius 3 is 2.12 bits per heavy atom. The molecule has 0 aromatic heterocycles. The highest BCUT2D eigenvalue weighted by atomic mass is 16.5. The van der Waals surface area contributed by atoms with Gasteiger partial charge >= 0.3 is 0 Å². The lowest BCUT2D eigenvalue weighted by Crippen LogP contribution is -2.60. The van der Waals surface area contributed by atoms with Crippen molar-refractivity contribution in [1.82, 2.24) is 5.32 Å². The average molecular weight is 223 g/mol. The summed E-state index contributed by atoms with van der Waals surface area (Å²) in [7, 11) is 3.25. The summed E-state index contributed by atoms with van der Waals surface area (Å²) in [5, 5.41) is 13.1. The van der Waals surface area contributed by atoms with Crippen LogP contribution in [0.15, 0.2) is 18.2 Å². The molecule has 16 heavy (non-hydrogen) atoms. The number of rotatable bonds is 4. The second-order valence-corrected chi connectivity index (χ2v) is 4.23. The van der Waals surface area contributed by atoms with Gasteiger partial charge in [-0.1, -0.05) is 0 Å². The van der Waals surface area contributed by atoms with Crippen LogP contribution in [0, 0.1) is 0 Å². The van der Waals surface area contributed by atoms with E-state index in [1.54, 1.807) is 14.2 Å². The summed E-state index contributed by atoms with van der Waals surface area (Å²) in [5.74, 6) is 1.51. The number of ether oxygens (including phenoxy) is 2. The summed E-state index contributed by atoms with van der Waals surface area (Å²) in [6.07, 6.45) is 0.619. The van der Waals surface area contributed by atoms with Crippen LogP contribution < -0.4 is 14.8 Å². The van der Waals surface area contributed by atoms with Gasteiger partial charge in [-0.2, -0.15) is 0 Å². The van der Waals surface area contributed by atoms with Crippen LogP contribution in [-0.4, -0.2) is 38.0 Å². The molecule has 0 unspecified atom stereocenters. The summed E-state index contributed by atoms with van der Waals surface area (Å²) in [6, 6.07) is 5.68. The lowest BCUT2D eigenvalue weighted by molar-refractivity contribution is -0.00906. The summed E-state index contributed by atoms with van der Waals surface area (Å²) in [4.78, 5) is 0. The van der Waals surface area contributed by atoms with E-state index in [1.807, 2.05) is 18.2 Å². The highest BCUT2D eigenvalue weighted by Crippen LogP contribution is 2.26. The Kier molecular flexibility index (Phi) is 3.03. The van der Waals surface area contributed by atoms with Crippen molar-refractivity contribution in [3.8, 4) is 11.5 Å². The molecule has 1 saturated heterocycles. The number of benzene rings is 1. The third-order valence-electron chi connectivity index (χ3n) is 2.85. The zero-order valence-corrected chi connectivity index (χ0v) is 9.62. The first-order valence-electron chi connectivity index (χ1n) is 5.30. The maximum absolute atomic E-state index is 10.0. The zero-order chi connectivity index (χ0) is 11.6. The third-order valence-corrected chi connectivity index (χ3v) is 2.85. The van der Waals surface area contributed by atoms with Crippen molar-refractivity contribution in [1.29, 1.82) is 0 Å². The van der Waals surface area contributed by atoms with Gasteiger partial charge in [-0.25, -0.2) is 0 Å². The first-order chi connectivity index (χ1) is 7.65. The molecular weight excluding hydrogens is 206 g/mol. The summed E-state index contributed by atoms with van der Waals surface area (Å²) in [6.45, 7) is 1.29. The van der Waals surface area contributed by atoms with Gasteiger partial charge in [0.2, 0.25) is 0 Å². The van der Waals surface area contributed by atoms with Crippen LogP contribution in [0.3, 0.4) is 0 Å². The van der Waals surface area contributed by atoms with Crippen LogP contribution in [0.25, 0.3) is 0 Å². The number of β-amino-alcohol motifs (C(OH)–C–C–N with tert-alkyl or cyclic N) is 1. The molecule has 4 heteroatoms. The van der Waals surface area contributed by atoms with E-state index >= 15 is 0 Å². The lowest BCUT2D eigenvalue weighted by Gasteiger charge is -2.37. The smallest absolute Gasteiger partial charge is 0.122 e. The topological polar surface area (TPSA) is 50.7 Å². The van der Waals surface area contributed by atoms with Gasteiger partial charge in [-0.05, 0) is 17.7 Å². The van der Waals surface area contributed by atoms with Gasteiger partial charge < -0.3 is 19.9 Å². The van der Waals surface area contributed by atoms with Crippen LogP contribution >= 0.6 is 0 Å². The maximum Gasteiger partial charge on any atom is 0.122 e. The van der Waals surface area contributed by atoms with Crippen LogP contribution in [-0.2, 0) is 6.42 Å². The van der Waals surface area contributed by atoms with Crippen molar-refractivity contribution >= 4 is 0 Å². The largest absolute Gasteiger partial charge is 0.497 e. The SMILES string of the molecule is COc1cc(CC2(O)CNC2)cc(OC)c1. The van der Waals surface area contributed by atoms with E-state index in [2.05, 4.69) is 5.32 Å². The molecule has 0 atom stereocenters. The summed E-state index contributed by atoms with van der Waals surface area (Å²) < 4.78 is 10.4. The Labute approximate surface area is 95.2 Å². The van der Waals surface area contributed by atoms with Gasteiger partial charge in [0, 0.05) is 25.6 Å². The fraction of sp³-hybridized carbons (Fsp3) is 0.500. The number of nitrogens with one attached hydrogen (secondary N) is 1. The van der Waals surface area contributed by atoms with Crippen molar-refractivity contribution in [3.63, 3.8) is 0 Å². The van der Waals surface area contributed by atoms with Crippen LogP contribution in [0.5, 0.6) is 11.5 Å². The van der Waals surface area contributed by atoms with Gasteiger partial charge in [0.05, 0.1) is 19.8 Å². The second-order valence-electron chi connectivity index (χ2n) is 4.23. The molecule has 0 bridgehead atoms. The van der Waals surface area contributed by atoms with E-state index in [0.717, 1.165) is 17.1 Å². The fourth-order valence-electron chi connectivity index (χ4n) is 1.89. The molecule has 1 fully saturated rings. The molecule has 1 aliphatic rings. The molecule has 0 spiro atoms. The minimum absolute atomic E-state index is 0.614. The molecule has 0 radical (unpaired) electrons. The minimum atomic E-state index is -0.614. The van der Waals surface area contributed by atoms with Gasteiger partial charge in [-0.3, -0.25) is 0 Å². The molecular formula is C12H17NO3. The quantitative estimate of drug-likeness (QED) is 0.784. The van der Waals surface area contributed by atoms with E-state index in [1.165, 1.54) is 0 Å². The molecule has 1 aliphatic heterocycles.